The minimum Gasteiger partial charge on any atom is -0.333 e. The van der Waals surface area contributed by atoms with Crippen molar-refractivity contribution in [2.75, 3.05) is 6.54 Å². The lowest BCUT2D eigenvalue weighted by Crippen LogP contribution is -2.27. The molecule has 0 bridgehead atoms. The predicted molar refractivity (Wildman–Crippen MR) is 68.5 cm³/mol. The maximum absolute atomic E-state index is 4.24. The van der Waals surface area contributed by atoms with Crippen molar-refractivity contribution in [2.45, 2.75) is 53.6 Å². The van der Waals surface area contributed by atoms with E-state index in [9.17, 15) is 0 Å². The van der Waals surface area contributed by atoms with E-state index in [4.69, 9.17) is 0 Å². The molecule has 1 aromatic heterocycles. The largest absolute Gasteiger partial charge is 0.333 e. The van der Waals surface area contributed by atoms with Gasteiger partial charge in [0.05, 0.1) is 6.33 Å². The summed E-state index contributed by atoms with van der Waals surface area (Å²) in [7, 11) is 0. The molecule has 0 atom stereocenters. The van der Waals surface area contributed by atoms with Gasteiger partial charge in [-0.2, -0.15) is 0 Å². The van der Waals surface area contributed by atoms with E-state index in [0.29, 0.717) is 11.5 Å². The monoisotopic (exact) mass is 223 g/mol. The van der Waals surface area contributed by atoms with Crippen molar-refractivity contribution in [1.29, 1.82) is 0 Å². The van der Waals surface area contributed by atoms with Crippen LogP contribution in [0.2, 0.25) is 0 Å². The molecule has 0 aromatic carbocycles. The third-order valence-corrected chi connectivity index (χ3v) is 2.42. The molecule has 0 spiro atoms. The van der Waals surface area contributed by atoms with Crippen LogP contribution in [0.5, 0.6) is 0 Å². The molecule has 0 aliphatic heterocycles. The van der Waals surface area contributed by atoms with Crippen LogP contribution in [-0.4, -0.2) is 22.1 Å². The van der Waals surface area contributed by atoms with Gasteiger partial charge in [0.1, 0.15) is 0 Å². The zero-order chi connectivity index (χ0) is 12.2. The van der Waals surface area contributed by atoms with E-state index in [1.807, 2.05) is 12.5 Å². The normalized spacial score (nSPS) is 12.4. The van der Waals surface area contributed by atoms with E-state index in [0.717, 1.165) is 19.5 Å². The van der Waals surface area contributed by atoms with E-state index in [1.54, 1.807) is 0 Å². The van der Waals surface area contributed by atoms with Gasteiger partial charge in [0.25, 0.3) is 0 Å². The van der Waals surface area contributed by atoms with Crippen LogP contribution in [0.3, 0.4) is 0 Å². The number of aromatic nitrogens is 2. The van der Waals surface area contributed by atoms with Gasteiger partial charge in [0.2, 0.25) is 0 Å². The number of nitrogens with one attached hydrogen (secondary N) is 1. The van der Waals surface area contributed by atoms with Gasteiger partial charge in [0, 0.05) is 31.0 Å². The van der Waals surface area contributed by atoms with Crippen molar-refractivity contribution in [2.24, 2.45) is 5.41 Å². The highest BCUT2D eigenvalue weighted by molar-refractivity contribution is 5.01. The first-order chi connectivity index (χ1) is 7.38. The minimum absolute atomic E-state index is 0.323. The van der Waals surface area contributed by atoms with Gasteiger partial charge in [-0.1, -0.05) is 34.6 Å². The molecule has 0 aliphatic rings. The number of hydrogen-bond acceptors (Lipinski definition) is 2. The molecule has 92 valence electrons. The highest BCUT2D eigenvalue weighted by atomic mass is 15.1. The van der Waals surface area contributed by atoms with Crippen molar-refractivity contribution < 1.29 is 0 Å². The second-order valence-electron chi connectivity index (χ2n) is 5.92. The van der Waals surface area contributed by atoms with E-state index in [2.05, 4.69) is 49.5 Å². The highest BCUT2D eigenvalue weighted by Gasteiger charge is 2.14. The zero-order valence-electron chi connectivity index (χ0n) is 11.2. The average Bonchev–Trinajstić information content (AvgIpc) is 2.49. The third-order valence-electron chi connectivity index (χ3n) is 2.42. The lowest BCUT2D eigenvalue weighted by Gasteiger charge is -2.19. The Balaban J connectivity index is 2.51. The summed E-state index contributed by atoms with van der Waals surface area (Å²) < 4.78 is 2.25. The third kappa shape index (κ3) is 4.79. The number of rotatable bonds is 5. The van der Waals surface area contributed by atoms with E-state index in [-0.39, 0.29) is 0 Å². The fourth-order valence-electron chi connectivity index (χ4n) is 1.71. The molecule has 16 heavy (non-hydrogen) atoms. The molecule has 1 aromatic rings. The Morgan fingerprint density at radius 2 is 2.06 bits per heavy atom. The summed E-state index contributed by atoms with van der Waals surface area (Å²) in [6.07, 6.45) is 5.00. The molecule has 0 saturated heterocycles. The van der Waals surface area contributed by atoms with Crippen molar-refractivity contribution in [3.8, 4) is 0 Å². The Hall–Kier alpha value is -0.830. The molecule has 0 aliphatic carbocycles. The zero-order valence-corrected chi connectivity index (χ0v) is 11.2. The van der Waals surface area contributed by atoms with Gasteiger partial charge in [0.15, 0.2) is 0 Å². The Morgan fingerprint density at radius 3 is 2.62 bits per heavy atom. The van der Waals surface area contributed by atoms with Gasteiger partial charge in [-0.25, -0.2) is 4.98 Å². The van der Waals surface area contributed by atoms with E-state index < -0.39 is 0 Å². The summed E-state index contributed by atoms with van der Waals surface area (Å²) in [5.74, 6) is 0. The molecular formula is C13H25N3. The molecule has 1 heterocycles. The van der Waals surface area contributed by atoms with Gasteiger partial charge < -0.3 is 9.88 Å². The minimum atomic E-state index is 0.323. The second-order valence-corrected chi connectivity index (χ2v) is 5.92. The van der Waals surface area contributed by atoms with Crippen LogP contribution in [0.25, 0.3) is 0 Å². The first kappa shape index (κ1) is 13.2. The van der Waals surface area contributed by atoms with Crippen LogP contribution >= 0.6 is 0 Å². The van der Waals surface area contributed by atoms with E-state index >= 15 is 0 Å². The summed E-state index contributed by atoms with van der Waals surface area (Å²) in [5.41, 5.74) is 1.65. The lowest BCUT2D eigenvalue weighted by molar-refractivity contribution is 0.395. The highest BCUT2D eigenvalue weighted by Crippen LogP contribution is 2.19. The first-order valence-corrected chi connectivity index (χ1v) is 6.11. The molecule has 0 fully saturated rings. The topological polar surface area (TPSA) is 29.9 Å². The molecule has 1 rings (SSSR count). The average molecular weight is 223 g/mol. The molecule has 3 nitrogen and oxygen atoms in total. The summed E-state index contributed by atoms with van der Waals surface area (Å²) in [6, 6.07) is 0.551. The van der Waals surface area contributed by atoms with Crippen molar-refractivity contribution in [1.82, 2.24) is 14.9 Å². The number of imidazole rings is 1. The van der Waals surface area contributed by atoms with Crippen molar-refractivity contribution >= 4 is 0 Å². The molecule has 1 N–H and O–H groups in total. The summed E-state index contributed by atoms with van der Waals surface area (Å²) in [6.45, 7) is 13.1. The predicted octanol–water partition coefficient (Wildman–Crippen LogP) is 2.47. The number of hydrogen-bond donors (Lipinski definition) is 1. The lowest BCUT2D eigenvalue weighted by atomic mass is 9.91. The van der Waals surface area contributed by atoms with Gasteiger partial charge >= 0.3 is 0 Å². The fourth-order valence-corrected chi connectivity index (χ4v) is 1.71. The quantitative estimate of drug-likeness (QED) is 0.831. The van der Waals surface area contributed by atoms with Crippen LogP contribution < -0.4 is 5.32 Å². The number of nitrogens with zero attached hydrogens (tertiary/aromatic N) is 2. The molecular weight excluding hydrogens is 198 g/mol. The van der Waals surface area contributed by atoms with Crippen molar-refractivity contribution in [3.05, 3.63) is 18.2 Å². The molecule has 0 amide bonds. The standard InChI is InChI=1S/C13H25N3/c1-11(2)15-6-7-16-10-14-9-12(16)8-13(3,4)5/h9-11,15H,6-8H2,1-5H3. The van der Waals surface area contributed by atoms with Crippen LogP contribution in [0.1, 0.15) is 40.3 Å². The first-order valence-electron chi connectivity index (χ1n) is 6.11. The fraction of sp³-hybridized carbons (Fsp3) is 0.769. The van der Waals surface area contributed by atoms with Gasteiger partial charge in [-0.3, -0.25) is 0 Å². The Kier molecular flexibility index (Phi) is 4.54. The van der Waals surface area contributed by atoms with Crippen LogP contribution in [0.4, 0.5) is 0 Å². The van der Waals surface area contributed by atoms with Crippen LogP contribution in [0.15, 0.2) is 12.5 Å². The van der Waals surface area contributed by atoms with Crippen LogP contribution in [-0.2, 0) is 13.0 Å². The smallest absolute Gasteiger partial charge is 0.0948 e. The molecule has 0 unspecified atom stereocenters. The molecule has 0 saturated carbocycles. The van der Waals surface area contributed by atoms with Crippen molar-refractivity contribution in [3.63, 3.8) is 0 Å². The second kappa shape index (κ2) is 5.48. The van der Waals surface area contributed by atoms with Crippen LogP contribution in [0, 0.1) is 5.41 Å². The molecule has 0 radical (unpaired) electrons. The summed E-state index contributed by atoms with van der Waals surface area (Å²) >= 11 is 0. The Bertz CT molecular complexity index is 307. The maximum Gasteiger partial charge on any atom is 0.0948 e. The summed E-state index contributed by atoms with van der Waals surface area (Å²) in [4.78, 5) is 4.24. The molecule has 3 heteroatoms. The summed E-state index contributed by atoms with van der Waals surface area (Å²) in [5, 5.41) is 3.43. The van der Waals surface area contributed by atoms with Gasteiger partial charge in [-0.05, 0) is 11.8 Å². The SMILES string of the molecule is CC(C)NCCn1cncc1CC(C)(C)C. The maximum atomic E-state index is 4.24. The van der Waals surface area contributed by atoms with Gasteiger partial charge in [-0.15, -0.1) is 0 Å². The Labute approximate surface area is 99.3 Å². The van der Waals surface area contributed by atoms with E-state index in [1.165, 1.54) is 5.69 Å². The Morgan fingerprint density at radius 1 is 1.38 bits per heavy atom.